The van der Waals surface area contributed by atoms with Crippen LogP contribution in [-0.4, -0.2) is 66.4 Å². The molecular formula is C18H23N3O4. The molecule has 2 fully saturated rings. The number of benzene rings is 1. The van der Waals surface area contributed by atoms with Crippen LogP contribution in [0.15, 0.2) is 30.3 Å². The molecule has 134 valence electrons. The van der Waals surface area contributed by atoms with Crippen LogP contribution in [-0.2, 0) is 25.7 Å². The van der Waals surface area contributed by atoms with E-state index in [1.807, 2.05) is 30.3 Å². The molecule has 1 atom stereocenters. The lowest BCUT2D eigenvalue weighted by atomic mass is 10.2. The molecule has 3 rings (SSSR count). The Morgan fingerprint density at radius 1 is 1.12 bits per heavy atom. The maximum absolute atomic E-state index is 12.3. The van der Waals surface area contributed by atoms with Gasteiger partial charge < -0.3 is 19.9 Å². The molecule has 2 heterocycles. The number of nitrogens with one attached hydrogen (secondary N) is 1. The third-order valence-corrected chi connectivity index (χ3v) is 4.50. The van der Waals surface area contributed by atoms with Gasteiger partial charge in [-0.1, -0.05) is 30.3 Å². The topological polar surface area (TPSA) is 79.0 Å². The first-order valence-electron chi connectivity index (χ1n) is 8.64. The van der Waals surface area contributed by atoms with Crippen molar-refractivity contribution in [3.8, 4) is 0 Å². The first kappa shape index (κ1) is 17.4. The van der Waals surface area contributed by atoms with E-state index in [0.29, 0.717) is 26.2 Å². The molecule has 7 heteroatoms. The highest BCUT2D eigenvalue weighted by molar-refractivity contribution is 6.35. The van der Waals surface area contributed by atoms with Crippen molar-refractivity contribution in [2.45, 2.75) is 25.5 Å². The van der Waals surface area contributed by atoms with E-state index in [9.17, 15) is 14.4 Å². The van der Waals surface area contributed by atoms with Crippen molar-refractivity contribution >= 4 is 17.7 Å². The summed E-state index contributed by atoms with van der Waals surface area (Å²) in [7, 11) is 0. The van der Waals surface area contributed by atoms with Gasteiger partial charge in [-0.3, -0.25) is 14.4 Å². The van der Waals surface area contributed by atoms with E-state index in [-0.39, 0.29) is 18.6 Å². The minimum Gasteiger partial charge on any atom is -0.376 e. The Hall–Kier alpha value is -2.41. The summed E-state index contributed by atoms with van der Waals surface area (Å²) in [5, 5.41) is 2.78. The Kier molecular flexibility index (Phi) is 5.65. The number of amides is 3. The van der Waals surface area contributed by atoms with Crippen LogP contribution in [0.3, 0.4) is 0 Å². The van der Waals surface area contributed by atoms with Crippen molar-refractivity contribution in [2.24, 2.45) is 0 Å². The molecule has 0 unspecified atom stereocenters. The number of nitrogens with zero attached hydrogens (tertiary/aromatic N) is 2. The molecule has 0 aliphatic carbocycles. The van der Waals surface area contributed by atoms with Crippen LogP contribution in [0, 0.1) is 0 Å². The number of hydrogen-bond acceptors (Lipinski definition) is 4. The Labute approximate surface area is 146 Å². The first-order chi connectivity index (χ1) is 12.1. The highest BCUT2D eigenvalue weighted by Crippen LogP contribution is 2.12. The highest BCUT2D eigenvalue weighted by Gasteiger charge is 2.33. The molecule has 0 spiro atoms. The summed E-state index contributed by atoms with van der Waals surface area (Å²) in [6.07, 6.45) is 2.01. The van der Waals surface area contributed by atoms with Gasteiger partial charge in [-0.25, -0.2) is 0 Å². The molecule has 0 bridgehead atoms. The highest BCUT2D eigenvalue weighted by atomic mass is 16.5. The summed E-state index contributed by atoms with van der Waals surface area (Å²) in [6, 6.07) is 9.54. The molecule has 2 aliphatic rings. The van der Waals surface area contributed by atoms with E-state index in [1.165, 1.54) is 9.80 Å². The molecule has 0 saturated carbocycles. The fourth-order valence-electron chi connectivity index (χ4n) is 3.08. The molecule has 0 radical (unpaired) electrons. The number of carbonyl (C=O) groups excluding carboxylic acids is 3. The number of ether oxygens (including phenoxy) is 1. The van der Waals surface area contributed by atoms with Crippen LogP contribution in [0.1, 0.15) is 18.4 Å². The first-order valence-corrected chi connectivity index (χ1v) is 8.64. The van der Waals surface area contributed by atoms with Crippen LogP contribution in [0.5, 0.6) is 0 Å². The Morgan fingerprint density at radius 2 is 1.84 bits per heavy atom. The Bertz CT molecular complexity index is 628. The van der Waals surface area contributed by atoms with Crippen LogP contribution in [0.2, 0.25) is 0 Å². The van der Waals surface area contributed by atoms with Gasteiger partial charge in [0, 0.05) is 32.8 Å². The van der Waals surface area contributed by atoms with Gasteiger partial charge in [0.1, 0.15) is 6.54 Å². The number of carbonyl (C=O) groups is 3. The molecule has 2 saturated heterocycles. The monoisotopic (exact) mass is 345 g/mol. The zero-order valence-corrected chi connectivity index (χ0v) is 14.1. The summed E-state index contributed by atoms with van der Waals surface area (Å²) >= 11 is 0. The SMILES string of the molecule is O=C(CN1CCN(Cc2ccccc2)C(=O)C1=O)NC[C@H]1CCCO1. The van der Waals surface area contributed by atoms with E-state index in [1.54, 1.807) is 0 Å². The Balaban J connectivity index is 1.47. The zero-order chi connectivity index (χ0) is 17.6. The summed E-state index contributed by atoms with van der Waals surface area (Å²) in [4.78, 5) is 39.4. The third-order valence-electron chi connectivity index (χ3n) is 4.50. The fourth-order valence-corrected chi connectivity index (χ4v) is 3.08. The third kappa shape index (κ3) is 4.57. The maximum Gasteiger partial charge on any atom is 0.312 e. The molecule has 1 aromatic rings. The van der Waals surface area contributed by atoms with Gasteiger partial charge in [-0.15, -0.1) is 0 Å². The van der Waals surface area contributed by atoms with Crippen molar-refractivity contribution in [2.75, 3.05) is 32.8 Å². The summed E-state index contributed by atoms with van der Waals surface area (Å²) < 4.78 is 5.45. The van der Waals surface area contributed by atoms with E-state index >= 15 is 0 Å². The zero-order valence-electron chi connectivity index (χ0n) is 14.1. The minimum atomic E-state index is -0.616. The van der Waals surface area contributed by atoms with Gasteiger partial charge in [-0.2, -0.15) is 0 Å². The van der Waals surface area contributed by atoms with Crippen LogP contribution in [0.4, 0.5) is 0 Å². The van der Waals surface area contributed by atoms with Crippen molar-refractivity contribution in [1.82, 2.24) is 15.1 Å². The summed E-state index contributed by atoms with van der Waals surface area (Å²) in [5.41, 5.74) is 0.978. The van der Waals surface area contributed by atoms with Crippen molar-refractivity contribution in [3.63, 3.8) is 0 Å². The van der Waals surface area contributed by atoms with Crippen molar-refractivity contribution < 1.29 is 19.1 Å². The van der Waals surface area contributed by atoms with Crippen molar-refractivity contribution in [3.05, 3.63) is 35.9 Å². The van der Waals surface area contributed by atoms with Crippen LogP contribution in [0.25, 0.3) is 0 Å². The average molecular weight is 345 g/mol. The largest absolute Gasteiger partial charge is 0.376 e. The normalized spacial score (nSPS) is 20.9. The van der Waals surface area contributed by atoms with Gasteiger partial charge in [0.05, 0.1) is 6.10 Å². The molecule has 3 amide bonds. The maximum atomic E-state index is 12.3. The summed E-state index contributed by atoms with van der Waals surface area (Å²) in [5.74, 6) is -1.43. The minimum absolute atomic E-state index is 0.0593. The second-order valence-electron chi connectivity index (χ2n) is 6.38. The van der Waals surface area contributed by atoms with Gasteiger partial charge in [0.15, 0.2) is 0 Å². The molecule has 2 aliphatic heterocycles. The van der Waals surface area contributed by atoms with Gasteiger partial charge in [0.25, 0.3) is 0 Å². The molecule has 0 aromatic heterocycles. The van der Waals surface area contributed by atoms with E-state index in [2.05, 4.69) is 5.32 Å². The van der Waals surface area contributed by atoms with E-state index in [4.69, 9.17) is 4.74 Å². The lowest BCUT2D eigenvalue weighted by molar-refractivity contribution is -0.157. The molecule has 1 N–H and O–H groups in total. The predicted octanol–water partition coefficient (Wildman–Crippen LogP) is 0.153. The number of piperazine rings is 1. The smallest absolute Gasteiger partial charge is 0.312 e. The van der Waals surface area contributed by atoms with Gasteiger partial charge >= 0.3 is 11.8 Å². The average Bonchev–Trinajstić information content (AvgIpc) is 3.14. The van der Waals surface area contributed by atoms with Crippen LogP contribution < -0.4 is 5.32 Å². The standard InChI is InChI=1S/C18H23N3O4/c22-16(19-11-15-7-4-10-25-15)13-21-9-8-20(17(23)18(21)24)12-14-5-2-1-3-6-14/h1-3,5-6,15H,4,7-13H2,(H,19,22)/t15-/m1/s1. The lowest BCUT2D eigenvalue weighted by Gasteiger charge is -2.33. The number of rotatable bonds is 6. The van der Waals surface area contributed by atoms with Gasteiger partial charge in [-0.05, 0) is 18.4 Å². The molecule has 7 nitrogen and oxygen atoms in total. The molecule has 1 aromatic carbocycles. The quantitative estimate of drug-likeness (QED) is 0.745. The van der Waals surface area contributed by atoms with E-state index in [0.717, 1.165) is 25.0 Å². The van der Waals surface area contributed by atoms with Gasteiger partial charge in [0.2, 0.25) is 5.91 Å². The predicted molar refractivity (Wildman–Crippen MR) is 90.4 cm³/mol. The second kappa shape index (κ2) is 8.11. The summed E-state index contributed by atoms with van der Waals surface area (Å²) in [6.45, 7) is 2.30. The number of hydrogen-bond donors (Lipinski definition) is 1. The van der Waals surface area contributed by atoms with E-state index < -0.39 is 11.8 Å². The second-order valence-corrected chi connectivity index (χ2v) is 6.38. The lowest BCUT2D eigenvalue weighted by Crippen LogP contribution is -2.56. The fraction of sp³-hybridized carbons (Fsp3) is 0.500. The van der Waals surface area contributed by atoms with Crippen LogP contribution >= 0.6 is 0 Å². The Morgan fingerprint density at radius 3 is 2.56 bits per heavy atom. The van der Waals surface area contributed by atoms with Crippen molar-refractivity contribution in [1.29, 1.82) is 0 Å². The molecule has 25 heavy (non-hydrogen) atoms. The molecular weight excluding hydrogens is 322 g/mol.